The molecule has 0 aliphatic carbocycles. The number of anilines is 2. The first-order valence-electron chi connectivity index (χ1n) is 18.4. The number of benzene rings is 4. The van der Waals surface area contributed by atoms with E-state index in [1.807, 2.05) is 60.4 Å². The van der Waals surface area contributed by atoms with E-state index in [1.165, 1.54) is 0 Å². The van der Waals surface area contributed by atoms with E-state index in [0.717, 1.165) is 56.3 Å². The highest BCUT2D eigenvalue weighted by molar-refractivity contribution is 6.07. The molecule has 1 heterocycles. The van der Waals surface area contributed by atoms with Crippen molar-refractivity contribution in [2.45, 2.75) is 64.7 Å². The lowest BCUT2D eigenvalue weighted by Gasteiger charge is -2.35. The Kier molecular flexibility index (Phi) is 14.4. The molecule has 4 aromatic carbocycles. The third-order valence-electron chi connectivity index (χ3n) is 9.51. The SMILES string of the molecule is COCc1cc(C(=O)Nc2ccc(C)cc2OCCCCCC(=O)N2CCC(N(C)C)CC2)ccc1NC(=O)c1ccc(OCc2ccccc2)cc1. The maximum atomic E-state index is 13.5. The molecule has 0 bridgehead atoms. The molecule has 10 heteroatoms. The molecule has 1 aliphatic rings. The van der Waals surface area contributed by atoms with Gasteiger partial charge in [-0.05, 0) is 119 Å². The number of unbranched alkanes of at least 4 members (excludes halogenated alkanes) is 2. The predicted octanol–water partition coefficient (Wildman–Crippen LogP) is 7.72. The molecule has 280 valence electrons. The fraction of sp³-hybridized carbons (Fsp3) is 0.372. The molecule has 5 rings (SSSR count). The van der Waals surface area contributed by atoms with Gasteiger partial charge in [0, 0.05) is 55.0 Å². The standard InChI is InChI=1S/C43H52N4O6/c1-31-14-20-39(40(27-31)52-26-10-6-9-13-41(48)47-24-22-36(23-25-47)46(2)3)45-43(50)34-17-21-38(35(28-34)30-51-4)44-42(49)33-15-18-37(19-16-33)53-29-32-11-7-5-8-12-32/h5,7-8,11-12,14-21,27-28,36H,6,9-10,13,22-26,29-30H2,1-4H3,(H,44,49)(H,45,50). The van der Waals surface area contributed by atoms with Crippen molar-refractivity contribution in [3.8, 4) is 11.5 Å². The van der Waals surface area contributed by atoms with Gasteiger partial charge in [0.25, 0.3) is 11.8 Å². The molecule has 10 nitrogen and oxygen atoms in total. The van der Waals surface area contributed by atoms with Crippen LogP contribution in [0, 0.1) is 6.92 Å². The number of likely N-dealkylation sites (tertiary alicyclic amines) is 1. The molecule has 0 aromatic heterocycles. The molecule has 0 saturated carbocycles. The molecule has 1 aliphatic heterocycles. The molecule has 53 heavy (non-hydrogen) atoms. The number of nitrogens with zero attached hydrogens (tertiary/aromatic N) is 2. The Labute approximate surface area is 313 Å². The molecule has 0 radical (unpaired) electrons. The summed E-state index contributed by atoms with van der Waals surface area (Å²) in [5, 5.41) is 5.94. The van der Waals surface area contributed by atoms with E-state index >= 15 is 0 Å². The Hall–Kier alpha value is -5.19. The minimum atomic E-state index is -0.312. The van der Waals surface area contributed by atoms with E-state index in [0.29, 0.717) is 65.2 Å². The zero-order chi connectivity index (χ0) is 37.6. The van der Waals surface area contributed by atoms with E-state index in [4.69, 9.17) is 14.2 Å². The first kappa shape index (κ1) is 39.0. The lowest BCUT2D eigenvalue weighted by atomic mass is 10.0. The van der Waals surface area contributed by atoms with Crippen molar-refractivity contribution in [1.29, 1.82) is 0 Å². The maximum absolute atomic E-state index is 13.5. The summed E-state index contributed by atoms with van der Waals surface area (Å²) in [5.74, 6) is 0.899. The van der Waals surface area contributed by atoms with Crippen LogP contribution in [0.3, 0.4) is 0 Å². The highest BCUT2D eigenvalue weighted by Gasteiger charge is 2.23. The summed E-state index contributed by atoms with van der Waals surface area (Å²) in [6.07, 6.45) is 5.13. The van der Waals surface area contributed by atoms with E-state index in [-0.39, 0.29) is 24.3 Å². The van der Waals surface area contributed by atoms with Crippen LogP contribution in [-0.4, -0.2) is 74.5 Å². The molecule has 1 saturated heterocycles. The lowest BCUT2D eigenvalue weighted by Crippen LogP contribution is -2.44. The van der Waals surface area contributed by atoms with E-state index < -0.39 is 0 Å². The second-order valence-corrected chi connectivity index (χ2v) is 13.7. The summed E-state index contributed by atoms with van der Waals surface area (Å²) in [6.45, 7) is 4.76. The molecule has 3 amide bonds. The van der Waals surface area contributed by atoms with Gasteiger partial charge in [-0.25, -0.2) is 0 Å². The number of methoxy groups -OCH3 is 1. The number of aryl methyl sites for hydroxylation is 1. The quantitative estimate of drug-likeness (QED) is 0.108. The highest BCUT2D eigenvalue weighted by Crippen LogP contribution is 2.28. The Balaban J connectivity index is 1.11. The fourth-order valence-electron chi connectivity index (χ4n) is 6.34. The number of rotatable bonds is 17. The third-order valence-corrected chi connectivity index (χ3v) is 9.51. The van der Waals surface area contributed by atoms with Crippen molar-refractivity contribution in [1.82, 2.24) is 9.80 Å². The molecule has 0 spiro atoms. The van der Waals surface area contributed by atoms with Gasteiger partial charge in [-0.2, -0.15) is 0 Å². The van der Waals surface area contributed by atoms with Gasteiger partial charge in [-0.15, -0.1) is 0 Å². The van der Waals surface area contributed by atoms with Gasteiger partial charge in [0.05, 0.1) is 18.9 Å². The zero-order valence-electron chi connectivity index (χ0n) is 31.4. The van der Waals surface area contributed by atoms with Gasteiger partial charge >= 0.3 is 0 Å². The Morgan fingerprint density at radius 1 is 0.755 bits per heavy atom. The minimum absolute atomic E-state index is 0.197. The van der Waals surface area contributed by atoms with Crippen LogP contribution in [0.25, 0.3) is 0 Å². The molecule has 0 atom stereocenters. The van der Waals surface area contributed by atoms with Gasteiger partial charge in [0.1, 0.15) is 18.1 Å². The highest BCUT2D eigenvalue weighted by atomic mass is 16.5. The zero-order valence-corrected chi connectivity index (χ0v) is 31.4. The number of hydrogen-bond acceptors (Lipinski definition) is 7. The van der Waals surface area contributed by atoms with Gasteiger partial charge < -0.3 is 34.6 Å². The topological polar surface area (TPSA) is 109 Å². The van der Waals surface area contributed by atoms with Gasteiger partial charge in [-0.1, -0.05) is 36.4 Å². The van der Waals surface area contributed by atoms with Crippen molar-refractivity contribution in [2.24, 2.45) is 0 Å². The van der Waals surface area contributed by atoms with Crippen molar-refractivity contribution in [2.75, 3.05) is 51.5 Å². The summed E-state index contributed by atoms with van der Waals surface area (Å²) in [6, 6.07) is 28.2. The first-order valence-corrected chi connectivity index (χ1v) is 18.4. The van der Waals surface area contributed by atoms with E-state index in [9.17, 15) is 14.4 Å². The molecular weight excluding hydrogens is 668 g/mol. The molecule has 4 aromatic rings. The van der Waals surface area contributed by atoms with Crippen LogP contribution >= 0.6 is 0 Å². The molecular formula is C43H52N4O6. The summed E-state index contributed by atoms with van der Waals surface area (Å²) in [4.78, 5) is 43.5. The van der Waals surface area contributed by atoms with Crippen LogP contribution in [0.5, 0.6) is 11.5 Å². The van der Waals surface area contributed by atoms with Crippen LogP contribution in [0.2, 0.25) is 0 Å². The van der Waals surface area contributed by atoms with Crippen molar-refractivity contribution < 1.29 is 28.6 Å². The Morgan fingerprint density at radius 3 is 2.15 bits per heavy atom. The van der Waals surface area contributed by atoms with Crippen LogP contribution in [0.4, 0.5) is 11.4 Å². The van der Waals surface area contributed by atoms with E-state index in [1.54, 1.807) is 49.6 Å². The number of hydrogen-bond donors (Lipinski definition) is 2. The summed E-state index contributed by atoms with van der Waals surface area (Å²) >= 11 is 0. The minimum Gasteiger partial charge on any atom is -0.491 e. The second-order valence-electron chi connectivity index (χ2n) is 13.7. The number of piperidine rings is 1. The Morgan fingerprint density at radius 2 is 1.43 bits per heavy atom. The van der Waals surface area contributed by atoms with Crippen LogP contribution in [-0.2, 0) is 22.7 Å². The molecule has 2 N–H and O–H groups in total. The lowest BCUT2D eigenvalue weighted by molar-refractivity contribution is -0.132. The largest absolute Gasteiger partial charge is 0.491 e. The third kappa shape index (κ3) is 11.7. The van der Waals surface area contributed by atoms with Crippen molar-refractivity contribution >= 4 is 29.1 Å². The summed E-state index contributed by atoms with van der Waals surface area (Å²) < 4.78 is 17.4. The fourth-order valence-corrected chi connectivity index (χ4v) is 6.34. The Bertz CT molecular complexity index is 1800. The van der Waals surface area contributed by atoms with Gasteiger partial charge in [0.15, 0.2) is 0 Å². The first-order chi connectivity index (χ1) is 25.7. The van der Waals surface area contributed by atoms with E-state index in [2.05, 4.69) is 29.6 Å². The van der Waals surface area contributed by atoms with Crippen molar-refractivity contribution in [3.05, 3.63) is 119 Å². The number of amides is 3. The van der Waals surface area contributed by atoms with Crippen LogP contribution in [0.1, 0.15) is 75.9 Å². The summed E-state index contributed by atoms with van der Waals surface area (Å²) in [5.41, 5.74) is 4.73. The summed E-state index contributed by atoms with van der Waals surface area (Å²) in [7, 11) is 5.77. The predicted molar refractivity (Wildman–Crippen MR) is 209 cm³/mol. The normalized spacial score (nSPS) is 13.1. The smallest absolute Gasteiger partial charge is 0.255 e. The monoisotopic (exact) mass is 720 g/mol. The average Bonchev–Trinajstić information content (AvgIpc) is 3.17. The van der Waals surface area contributed by atoms with Crippen molar-refractivity contribution in [3.63, 3.8) is 0 Å². The average molecular weight is 721 g/mol. The number of nitrogens with one attached hydrogen (secondary N) is 2. The van der Waals surface area contributed by atoms with Crippen LogP contribution < -0.4 is 20.1 Å². The molecule has 1 fully saturated rings. The number of carbonyl (C=O) groups excluding carboxylic acids is 3. The maximum Gasteiger partial charge on any atom is 0.255 e. The number of ether oxygens (including phenoxy) is 3. The van der Waals surface area contributed by atoms with Gasteiger partial charge in [0.2, 0.25) is 5.91 Å². The number of carbonyl (C=O) groups is 3. The second kappa shape index (κ2) is 19.6. The molecule has 0 unspecified atom stereocenters. The van der Waals surface area contributed by atoms with Gasteiger partial charge in [-0.3, -0.25) is 14.4 Å². The van der Waals surface area contributed by atoms with Crippen LogP contribution in [0.15, 0.2) is 91.0 Å².